The molecule has 0 aromatic heterocycles. The fraction of sp³-hybridized carbons (Fsp3) is 0.929. The fourth-order valence-electron chi connectivity index (χ4n) is 3.32. The molecule has 5 nitrogen and oxygen atoms in total. The zero-order valence-electron chi connectivity index (χ0n) is 12.3. The third-order valence-electron chi connectivity index (χ3n) is 4.65. The van der Waals surface area contributed by atoms with Crippen LogP contribution in [0.2, 0.25) is 0 Å². The van der Waals surface area contributed by atoms with Gasteiger partial charge in [-0.1, -0.05) is 0 Å². The molecule has 0 radical (unpaired) electrons. The van der Waals surface area contributed by atoms with Crippen molar-refractivity contribution in [1.82, 2.24) is 15.1 Å². The average Bonchev–Trinajstić information content (AvgIpc) is 2.76. The number of carbonyl (C=O) groups excluding carboxylic acids is 1. The summed E-state index contributed by atoms with van der Waals surface area (Å²) in [5, 5.41) is 2.93. The van der Waals surface area contributed by atoms with Gasteiger partial charge in [-0.3, -0.25) is 9.69 Å². The number of amides is 1. The van der Waals surface area contributed by atoms with Crippen molar-refractivity contribution in [1.29, 1.82) is 0 Å². The smallest absolute Gasteiger partial charge is 0.224 e. The molecule has 2 saturated heterocycles. The van der Waals surface area contributed by atoms with Gasteiger partial charge >= 0.3 is 0 Å². The second-order valence-electron chi connectivity index (χ2n) is 6.09. The van der Waals surface area contributed by atoms with Crippen molar-refractivity contribution in [2.24, 2.45) is 11.7 Å². The standard InChI is InChI=1S/C14H28N4O/c1-11-8-13(10-17(11)2)18-7-3-4-12(9-18)14(19)16-6-5-15/h11-13H,3-10,15H2,1-2H3,(H,16,19). The molecule has 3 atom stereocenters. The van der Waals surface area contributed by atoms with Gasteiger partial charge < -0.3 is 16.0 Å². The number of hydrogen-bond acceptors (Lipinski definition) is 4. The first-order valence-corrected chi connectivity index (χ1v) is 7.54. The van der Waals surface area contributed by atoms with Crippen molar-refractivity contribution < 1.29 is 4.79 Å². The SMILES string of the molecule is CC1CC(N2CCCC(C(=O)NCCN)C2)CN1C. The highest BCUT2D eigenvalue weighted by Crippen LogP contribution is 2.25. The quantitative estimate of drug-likeness (QED) is 0.745. The van der Waals surface area contributed by atoms with Crippen LogP contribution in [0.4, 0.5) is 0 Å². The third-order valence-corrected chi connectivity index (χ3v) is 4.65. The number of nitrogens with zero attached hydrogens (tertiary/aromatic N) is 2. The summed E-state index contributed by atoms with van der Waals surface area (Å²) < 4.78 is 0. The molecular weight excluding hydrogens is 240 g/mol. The normalized spacial score (nSPS) is 33.5. The lowest BCUT2D eigenvalue weighted by molar-refractivity contribution is -0.126. The number of hydrogen-bond donors (Lipinski definition) is 2. The van der Waals surface area contributed by atoms with E-state index in [1.807, 2.05) is 0 Å². The van der Waals surface area contributed by atoms with Gasteiger partial charge in [-0.2, -0.15) is 0 Å². The Morgan fingerprint density at radius 2 is 2.21 bits per heavy atom. The topological polar surface area (TPSA) is 61.6 Å². The molecule has 0 aromatic carbocycles. The molecule has 3 N–H and O–H groups in total. The molecule has 19 heavy (non-hydrogen) atoms. The molecule has 2 rings (SSSR count). The minimum absolute atomic E-state index is 0.154. The Morgan fingerprint density at radius 3 is 2.84 bits per heavy atom. The van der Waals surface area contributed by atoms with Crippen molar-refractivity contribution >= 4 is 5.91 Å². The van der Waals surface area contributed by atoms with E-state index in [1.54, 1.807) is 0 Å². The molecule has 1 amide bonds. The molecule has 2 heterocycles. The molecule has 2 aliphatic heterocycles. The summed E-state index contributed by atoms with van der Waals surface area (Å²) in [6.07, 6.45) is 3.38. The molecule has 3 unspecified atom stereocenters. The number of nitrogens with two attached hydrogens (primary N) is 1. The van der Waals surface area contributed by atoms with Crippen LogP contribution in [0, 0.1) is 5.92 Å². The number of piperidine rings is 1. The van der Waals surface area contributed by atoms with E-state index in [-0.39, 0.29) is 11.8 Å². The van der Waals surface area contributed by atoms with Gasteiger partial charge in [-0.15, -0.1) is 0 Å². The number of likely N-dealkylation sites (tertiary alicyclic amines) is 2. The monoisotopic (exact) mass is 268 g/mol. The van der Waals surface area contributed by atoms with Crippen molar-refractivity contribution in [3.05, 3.63) is 0 Å². The van der Waals surface area contributed by atoms with E-state index in [4.69, 9.17) is 5.73 Å². The summed E-state index contributed by atoms with van der Waals surface area (Å²) in [5.74, 6) is 0.344. The van der Waals surface area contributed by atoms with Crippen molar-refractivity contribution in [2.75, 3.05) is 39.8 Å². The van der Waals surface area contributed by atoms with Gasteiger partial charge in [0.05, 0.1) is 5.92 Å². The first kappa shape index (κ1) is 14.8. The van der Waals surface area contributed by atoms with E-state index in [1.165, 1.54) is 6.42 Å². The van der Waals surface area contributed by atoms with Crippen LogP contribution in [0.5, 0.6) is 0 Å². The zero-order valence-corrected chi connectivity index (χ0v) is 12.3. The van der Waals surface area contributed by atoms with Crippen LogP contribution in [0.25, 0.3) is 0 Å². The Kier molecular flexibility index (Phi) is 5.19. The summed E-state index contributed by atoms with van der Waals surface area (Å²) in [7, 11) is 2.19. The highest BCUT2D eigenvalue weighted by Gasteiger charge is 2.34. The summed E-state index contributed by atoms with van der Waals surface area (Å²) in [6, 6.07) is 1.29. The maximum absolute atomic E-state index is 12.0. The van der Waals surface area contributed by atoms with Crippen molar-refractivity contribution in [3.8, 4) is 0 Å². The van der Waals surface area contributed by atoms with Gasteiger partial charge in [0.1, 0.15) is 0 Å². The largest absolute Gasteiger partial charge is 0.355 e. The summed E-state index contributed by atoms with van der Waals surface area (Å²) in [4.78, 5) is 17.0. The van der Waals surface area contributed by atoms with Crippen LogP contribution >= 0.6 is 0 Å². The average molecular weight is 268 g/mol. The van der Waals surface area contributed by atoms with Crippen LogP contribution in [-0.2, 0) is 4.79 Å². The Hall–Kier alpha value is -0.650. The molecule has 2 fully saturated rings. The van der Waals surface area contributed by atoms with Crippen molar-refractivity contribution in [2.45, 2.75) is 38.3 Å². The molecule has 0 saturated carbocycles. The van der Waals surface area contributed by atoms with Gasteiger partial charge in [0, 0.05) is 38.3 Å². The van der Waals surface area contributed by atoms with Crippen LogP contribution in [0.3, 0.4) is 0 Å². The predicted octanol–water partition coefficient (Wildman–Crippen LogP) is -0.134. The summed E-state index contributed by atoms with van der Waals surface area (Å²) >= 11 is 0. The highest BCUT2D eigenvalue weighted by molar-refractivity contribution is 5.78. The van der Waals surface area contributed by atoms with Gasteiger partial charge in [0.25, 0.3) is 0 Å². The molecule has 110 valence electrons. The van der Waals surface area contributed by atoms with Gasteiger partial charge in [-0.25, -0.2) is 0 Å². The van der Waals surface area contributed by atoms with Crippen LogP contribution in [0.15, 0.2) is 0 Å². The maximum atomic E-state index is 12.0. The van der Waals surface area contributed by atoms with Crippen LogP contribution < -0.4 is 11.1 Å². The second-order valence-corrected chi connectivity index (χ2v) is 6.09. The van der Waals surface area contributed by atoms with E-state index in [2.05, 4.69) is 29.1 Å². The van der Waals surface area contributed by atoms with Gasteiger partial charge in [0.2, 0.25) is 5.91 Å². The zero-order chi connectivity index (χ0) is 13.8. The van der Waals surface area contributed by atoms with E-state index >= 15 is 0 Å². The second kappa shape index (κ2) is 6.68. The van der Waals surface area contributed by atoms with Gasteiger partial charge in [-0.05, 0) is 39.8 Å². The Labute approximate surface area is 116 Å². The molecule has 0 aliphatic carbocycles. The minimum atomic E-state index is 0.154. The minimum Gasteiger partial charge on any atom is -0.355 e. The molecule has 5 heteroatoms. The maximum Gasteiger partial charge on any atom is 0.224 e. The molecule has 0 bridgehead atoms. The first-order valence-electron chi connectivity index (χ1n) is 7.54. The lowest BCUT2D eigenvalue weighted by atomic mass is 9.95. The van der Waals surface area contributed by atoms with Gasteiger partial charge in [0.15, 0.2) is 0 Å². The Morgan fingerprint density at radius 1 is 1.42 bits per heavy atom. The Bertz CT molecular complexity index is 300. The number of carbonyl (C=O) groups is 1. The van der Waals surface area contributed by atoms with E-state index in [0.717, 1.165) is 32.5 Å². The van der Waals surface area contributed by atoms with Crippen LogP contribution in [-0.4, -0.2) is 67.6 Å². The van der Waals surface area contributed by atoms with E-state index < -0.39 is 0 Å². The number of likely N-dealkylation sites (N-methyl/N-ethyl adjacent to an activating group) is 1. The predicted molar refractivity (Wildman–Crippen MR) is 76.9 cm³/mol. The summed E-state index contributed by atoms with van der Waals surface area (Å²) in [5.41, 5.74) is 5.43. The summed E-state index contributed by atoms with van der Waals surface area (Å²) in [6.45, 7) is 6.60. The third kappa shape index (κ3) is 3.68. The molecule has 0 spiro atoms. The lowest BCUT2D eigenvalue weighted by Crippen LogP contribution is -2.48. The molecular formula is C14H28N4O. The lowest BCUT2D eigenvalue weighted by Gasteiger charge is -2.36. The van der Waals surface area contributed by atoms with Crippen LogP contribution in [0.1, 0.15) is 26.2 Å². The fourth-order valence-corrected chi connectivity index (χ4v) is 3.32. The molecule has 0 aromatic rings. The first-order chi connectivity index (χ1) is 9.11. The molecule has 2 aliphatic rings. The Balaban J connectivity index is 1.85. The van der Waals surface area contributed by atoms with E-state index in [9.17, 15) is 4.79 Å². The number of rotatable bonds is 4. The van der Waals surface area contributed by atoms with Crippen molar-refractivity contribution in [3.63, 3.8) is 0 Å². The van der Waals surface area contributed by atoms with E-state index in [0.29, 0.717) is 25.2 Å². The number of nitrogens with one attached hydrogen (secondary N) is 1. The highest BCUT2D eigenvalue weighted by atomic mass is 16.1.